The van der Waals surface area contributed by atoms with Crippen molar-refractivity contribution in [3.05, 3.63) is 11.6 Å². The number of fused-ring (bicyclic) bond motifs is 1. The number of hydrogen-bond acceptors (Lipinski definition) is 1. The molecule has 1 heteroatoms. The summed E-state index contributed by atoms with van der Waals surface area (Å²) in [4.78, 5) is 11.6. The third-order valence-electron chi connectivity index (χ3n) is 3.56. The highest BCUT2D eigenvalue weighted by atomic mass is 16.1. The summed E-state index contributed by atoms with van der Waals surface area (Å²) in [5, 5.41) is 0. The summed E-state index contributed by atoms with van der Waals surface area (Å²) < 4.78 is 0. The van der Waals surface area contributed by atoms with Gasteiger partial charge in [0.2, 0.25) is 0 Å². The van der Waals surface area contributed by atoms with Gasteiger partial charge in [-0.2, -0.15) is 0 Å². The molecule has 0 aromatic carbocycles. The molecule has 1 fully saturated rings. The fraction of sp³-hybridized carbons (Fsp3) is 0.727. The predicted octanol–water partition coefficient (Wildman–Crippen LogP) is 2.57. The van der Waals surface area contributed by atoms with E-state index in [0.717, 1.165) is 0 Å². The van der Waals surface area contributed by atoms with Crippen LogP contribution in [-0.4, -0.2) is 5.78 Å². The topological polar surface area (TPSA) is 17.1 Å². The molecule has 0 N–H and O–H groups in total. The lowest BCUT2D eigenvalue weighted by molar-refractivity contribution is -0.124. The highest BCUT2D eigenvalue weighted by Crippen LogP contribution is 2.44. The molecule has 0 aliphatic heterocycles. The minimum Gasteiger partial charge on any atom is -0.299 e. The number of Topliss-reactive ketones (excluding diaryl/α,β-unsaturated/α-hetero) is 1. The first-order valence-electron chi connectivity index (χ1n) is 4.89. The smallest absolute Gasteiger partial charge is 0.140 e. The lowest BCUT2D eigenvalue weighted by Crippen LogP contribution is -2.27. The average Bonchev–Trinajstić information content (AvgIpc) is 2.42. The van der Waals surface area contributed by atoms with Crippen molar-refractivity contribution < 1.29 is 4.79 Å². The van der Waals surface area contributed by atoms with Gasteiger partial charge in [-0.3, -0.25) is 4.79 Å². The maximum Gasteiger partial charge on any atom is 0.140 e. The van der Waals surface area contributed by atoms with E-state index < -0.39 is 0 Å². The molecule has 0 aromatic heterocycles. The maximum atomic E-state index is 11.6. The van der Waals surface area contributed by atoms with Crippen LogP contribution in [0.5, 0.6) is 0 Å². The van der Waals surface area contributed by atoms with E-state index in [1.54, 1.807) is 0 Å². The first-order valence-corrected chi connectivity index (χ1v) is 4.89. The van der Waals surface area contributed by atoms with Crippen molar-refractivity contribution in [1.29, 1.82) is 0 Å². The van der Waals surface area contributed by atoms with Crippen LogP contribution in [0.4, 0.5) is 0 Å². The first-order chi connectivity index (χ1) is 5.70. The molecule has 0 aromatic rings. The molecule has 0 bridgehead atoms. The van der Waals surface area contributed by atoms with Gasteiger partial charge in [0, 0.05) is 12.3 Å². The van der Waals surface area contributed by atoms with Crippen molar-refractivity contribution >= 4 is 5.78 Å². The average molecular weight is 164 g/mol. The zero-order valence-electron chi connectivity index (χ0n) is 7.84. The van der Waals surface area contributed by atoms with E-state index in [-0.39, 0.29) is 0 Å². The molecular weight excluding hydrogens is 148 g/mol. The van der Waals surface area contributed by atoms with Crippen LogP contribution in [0.25, 0.3) is 0 Å². The first kappa shape index (κ1) is 8.03. The van der Waals surface area contributed by atoms with Gasteiger partial charge in [0.1, 0.15) is 5.78 Å². The summed E-state index contributed by atoms with van der Waals surface area (Å²) in [5.41, 5.74) is 1.46. The van der Waals surface area contributed by atoms with Gasteiger partial charge < -0.3 is 0 Å². The second-order valence-corrected chi connectivity index (χ2v) is 4.31. The van der Waals surface area contributed by atoms with Gasteiger partial charge >= 0.3 is 0 Å². The minimum absolute atomic E-state index is 0.370. The molecule has 2 rings (SSSR count). The lowest BCUT2D eigenvalue weighted by Gasteiger charge is -2.25. The number of rotatable bonds is 0. The minimum atomic E-state index is 0.370. The molecule has 0 saturated heterocycles. The number of ketones is 1. The molecule has 0 spiro atoms. The molecule has 3 atom stereocenters. The van der Waals surface area contributed by atoms with Crippen LogP contribution in [0.2, 0.25) is 0 Å². The highest BCUT2D eigenvalue weighted by molar-refractivity contribution is 5.85. The van der Waals surface area contributed by atoms with E-state index in [2.05, 4.69) is 19.9 Å². The molecule has 0 amide bonds. The molecule has 1 saturated carbocycles. The summed E-state index contributed by atoms with van der Waals surface area (Å²) >= 11 is 0. The van der Waals surface area contributed by atoms with Crippen molar-refractivity contribution in [2.75, 3.05) is 0 Å². The summed E-state index contributed by atoms with van der Waals surface area (Å²) in [6.45, 7) is 4.41. The van der Waals surface area contributed by atoms with E-state index in [1.165, 1.54) is 18.4 Å². The van der Waals surface area contributed by atoms with Gasteiger partial charge in [0.25, 0.3) is 0 Å². The Morgan fingerprint density at radius 2 is 2.17 bits per heavy atom. The fourth-order valence-corrected chi connectivity index (χ4v) is 2.80. The van der Waals surface area contributed by atoms with Gasteiger partial charge in [-0.15, -0.1) is 0 Å². The van der Waals surface area contributed by atoms with Crippen LogP contribution in [-0.2, 0) is 4.79 Å². The zero-order chi connectivity index (χ0) is 8.72. The van der Waals surface area contributed by atoms with Crippen LogP contribution in [0.3, 0.4) is 0 Å². The number of carbonyl (C=O) groups is 1. The van der Waals surface area contributed by atoms with Crippen molar-refractivity contribution in [3.63, 3.8) is 0 Å². The van der Waals surface area contributed by atoms with Crippen molar-refractivity contribution in [3.8, 4) is 0 Å². The van der Waals surface area contributed by atoms with Crippen LogP contribution >= 0.6 is 0 Å². The zero-order valence-corrected chi connectivity index (χ0v) is 7.84. The number of allylic oxidation sites excluding steroid dienone is 2. The molecule has 66 valence electrons. The SMILES string of the molecule is CC1=CCC(=O)C2C1CC[C@@H]2C. The van der Waals surface area contributed by atoms with Gasteiger partial charge in [-0.1, -0.05) is 18.6 Å². The standard InChI is InChI=1S/C11H16O/c1-7-4-6-10(12)11-8(2)3-5-9(7)11/h4,8-9,11H,3,5-6H2,1-2H3/t8-,9?,11?/m0/s1. The molecule has 2 unspecified atom stereocenters. The van der Waals surface area contributed by atoms with Gasteiger partial charge in [0.05, 0.1) is 0 Å². The summed E-state index contributed by atoms with van der Waals surface area (Å²) in [7, 11) is 0. The molecular formula is C11H16O. The van der Waals surface area contributed by atoms with Crippen molar-refractivity contribution in [2.24, 2.45) is 17.8 Å². The van der Waals surface area contributed by atoms with E-state index >= 15 is 0 Å². The Morgan fingerprint density at radius 3 is 2.83 bits per heavy atom. The Balaban J connectivity index is 2.29. The normalized spacial score (nSPS) is 41.0. The quantitative estimate of drug-likeness (QED) is 0.503. The summed E-state index contributed by atoms with van der Waals surface area (Å²) in [5.74, 6) is 2.08. The van der Waals surface area contributed by atoms with Gasteiger partial charge in [-0.05, 0) is 31.6 Å². The maximum absolute atomic E-state index is 11.6. The van der Waals surface area contributed by atoms with Gasteiger partial charge in [0.15, 0.2) is 0 Å². The third kappa shape index (κ3) is 1.03. The van der Waals surface area contributed by atoms with E-state index in [4.69, 9.17) is 0 Å². The van der Waals surface area contributed by atoms with Crippen LogP contribution in [0.15, 0.2) is 11.6 Å². The van der Waals surface area contributed by atoms with E-state index in [0.29, 0.717) is 30.0 Å². The molecule has 2 aliphatic carbocycles. The Kier molecular flexibility index (Phi) is 1.82. The molecule has 0 heterocycles. The monoisotopic (exact) mass is 164 g/mol. The second kappa shape index (κ2) is 2.72. The molecule has 0 radical (unpaired) electrons. The largest absolute Gasteiger partial charge is 0.299 e. The lowest BCUT2D eigenvalue weighted by atomic mass is 9.77. The van der Waals surface area contributed by atoms with Crippen LogP contribution in [0.1, 0.15) is 33.1 Å². The Morgan fingerprint density at radius 1 is 1.42 bits per heavy atom. The molecule has 1 nitrogen and oxygen atoms in total. The number of hydrogen-bond donors (Lipinski definition) is 0. The Labute approximate surface area is 73.8 Å². The molecule has 12 heavy (non-hydrogen) atoms. The fourth-order valence-electron chi connectivity index (χ4n) is 2.80. The van der Waals surface area contributed by atoms with E-state index in [1.807, 2.05) is 0 Å². The summed E-state index contributed by atoms with van der Waals surface area (Å²) in [6, 6.07) is 0. The van der Waals surface area contributed by atoms with Crippen LogP contribution < -0.4 is 0 Å². The predicted molar refractivity (Wildman–Crippen MR) is 48.8 cm³/mol. The highest BCUT2D eigenvalue weighted by Gasteiger charge is 2.40. The third-order valence-corrected chi connectivity index (χ3v) is 3.56. The molecule has 2 aliphatic rings. The Hall–Kier alpha value is -0.590. The van der Waals surface area contributed by atoms with Crippen molar-refractivity contribution in [1.82, 2.24) is 0 Å². The number of carbonyl (C=O) groups excluding carboxylic acids is 1. The van der Waals surface area contributed by atoms with Crippen molar-refractivity contribution in [2.45, 2.75) is 33.1 Å². The van der Waals surface area contributed by atoms with Crippen LogP contribution in [0, 0.1) is 17.8 Å². The second-order valence-electron chi connectivity index (χ2n) is 4.31. The van der Waals surface area contributed by atoms with E-state index in [9.17, 15) is 4.79 Å². The van der Waals surface area contributed by atoms with Gasteiger partial charge in [-0.25, -0.2) is 0 Å². The summed E-state index contributed by atoms with van der Waals surface area (Å²) in [6.07, 6.45) is 5.30. The Bertz CT molecular complexity index is 239.